The maximum atomic E-state index is 12.3. The zero-order valence-electron chi connectivity index (χ0n) is 7.87. The molecule has 0 amide bonds. The normalized spacial score (nSPS) is 11.8. The van der Waals surface area contributed by atoms with Gasteiger partial charge in [0.1, 0.15) is 5.69 Å². The average Bonchev–Trinajstić information content (AvgIpc) is 2.84. The highest BCUT2D eigenvalue weighted by Gasteiger charge is 2.35. The van der Waals surface area contributed by atoms with E-state index in [4.69, 9.17) is 0 Å². The van der Waals surface area contributed by atoms with Crippen molar-refractivity contribution in [2.24, 2.45) is 0 Å². The summed E-state index contributed by atoms with van der Waals surface area (Å²) in [5, 5.41) is 1.88. The maximum absolute atomic E-state index is 12.3. The van der Waals surface area contributed by atoms with E-state index in [9.17, 15) is 13.2 Å². The molecule has 2 rings (SSSR count). The highest BCUT2D eigenvalue weighted by atomic mass is 32.1. The van der Waals surface area contributed by atoms with Gasteiger partial charge in [-0.1, -0.05) is 0 Å². The SMILES string of the molecule is CNc1nsnc1-c1cnc(C(F)(F)F)s1. The molecule has 2 heterocycles. The van der Waals surface area contributed by atoms with E-state index in [1.165, 1.54) is 0 Å². The van der Waals surface area contributed by atoms with E-state index in [-0.39, 0.29) is 0 Å². The fourth-order valence-electron chi connectivity index (χ4n) is 1.03. The molecule has 0 spiro atoms. The summed E-state index contributed by atoms with van der Waals surface area (Å²) in [4.78, 5) is 3.67. The molecular formula is C7H5F3N4S2. The number of aromatic nitrogens is 3. The number of nitrogens with one attached hydrogen (secondary N) is 1. The number of thiazole rings is 1. The van der Waals surface area contributed by atoms with Crippen LogP contribution in [0.4, 0.5) is 19.0 Å². The molecule has 0 atom stereocenters. The number of halogens is 3. The van der Waals surface area contributed by atoms with Crippen molar-refractivity contribution in [2.75, 3.05) is 12.4 Å². The Balaban J connectivity index is 2.39. The van der Waals surface area contributed by atoms with Gasteiger partial charge in [0.05, 0.1) is 16.6 Å². The minimum atomic E-state index is -4.41. The second-order valence-corrected chi connectivity index (χ2v) is 4.30. The van der Waals surface area contributed by atoms with E-state index in [1.54, 1.807) is 7.05 Å². The molecule has 86 valence electrons. The van der Waals surface area contributed by atoms with Gasteiger partial charge in [-0.3, -0.25) is 0 Å². The number of anilines is 1. The lowest BCUT2D eigenvalue weighted by Gasteiger charge is -1.99. The van der Waals surface area contributed by atoms with Crippen molar-refractivity contribution in [1.29, 1.82) is 0 Å². The molecule has 4 nitrogen and oxygen atoms in total. The molecule has 0 aliphatic rings. The zero-order valence-corrected chi connectivity index (χ0v) is 9.50. The lowest BCUT2D eigenvalue weighted by Crippen LogP contribution is -2.02. The lowest BCUT2D eigenvalue weighted by atomic mass is 10.4. The summed E-state index contributed by atoms with van der Waals surface area (Å²) >= 11 is 1.49. The third-order valence-electron chi connectivity index (χ3n) is 1.71. The van der Waals surface area contributed by atoms with Crippen molar-refractivity contribution in [2.45, 2.75) is 6.18 Å². The minimum absolute atomic E-state index is 0.352. The molecule has 2 aromatic heterocycles. The van der Waals surface area contributed by atoms with Crippen LogP contribution in [0.5, 0.6) is 0 Å². The summed E-state index contributed by atoms with van der Waals surface area (Å²) in [6.07, 6.45) is -3.25. The quantitative estimate of drug-likeness (QED) is 0.908. The summed E-state index contributed by atoms with van der Waals surface area (Å²) in [7, 11) is 1.63. The molecule has 2 aromatic rings. The second kappa shape index (κ2) is 3.98. The third-order valence-corrected chi connectivity index (χ3v) is 3.28. The first kappa shape index (κ1) is 11.3. The standard InChI is InChI=1S/C7H5F3N4S2/c1-11-5-4(13-16-14-5)3-2-12-6(15-3)7(8,9)10/h2H,1H3,(H,11,14). The van der Waals surface area contributed by atoms with E-state index in [1.807, 2.05) is 0 Å². The minimum Gasteiger partial charge on any atom is -0.370 e. The molecule has 0 unspecified atom stereocenters. The molecule has 0 aromatic carbocycles. The second-order valence-electron chi connectivity index (χ2n) is 2.74. The molecule has 0 bridgehead atoms. The number of hydrogen-bond acceptors (Lipinski definition) is 6. The summed E-state index contributed by atoms with van der Waals surface area (Å²) in [5.41, 5.74) is 0.403. The summed E-state index contributed by atoms with van der Waals surface area (Å²) in [6, 6.07) is 0. The molecule has 0 radical (unpaired) electrons. The van der Waals surface area contributed by atoms with Crippen LogP contribution < -0.4 is 5.32 Å². The van der Waals surface area contributed by atoms with Gasteiger partial charge < -0.3 is 5.32 Å². The van der Waals surface area contributed by atoms with Crippen LogP contribution in [0.2, 0.25) is 0 Å². The van der Waals surface area contributed by atoms with E-state index in [0.29, 0.717) is 27.7 Å². The Labute approximate surface area is 96.5 Å². The van der Waals surface area contributed by atoms with Crippen LogP contribution in [-0.4, -0.2) is 20.8 Å². The fraction of sp³-hybridized carbons (Fsp3) is 0.286. The van der Waals surface area contributed by atoms with Crippen molar-refractivity contribution in [1.82, 2.24) is 13.7 Å². The first-order valence-electron chi connectivity index (χ1n) is 4.06. The van der Waals surface area contributed by atoms with Crippen LogP contribution in [-0.2, 0) is 6.18 Å². The van der Waals surface area contributed by atoms with Crippen LogP contribution in [0.3, 0.4) is 0 Å². The predicted octanol–water partition coefficient (Wildman–Crippen LogP) is 2.72. The van der Waals surface area contributed by atoms with Gasteiger partial charge in [-0.2, -0.15) is 21.9 Å². The first-order valence-corrected chi connectivity index (χ1v) is 5.60. The largest absolute Gasteiger partial charge is 0.443 e. The van der Waals surface area contributed by atoms with E-state index >= 15 is 0 Å². The molecule has 16 heavy (non-hydrogen) atoms. The van der Waals surface area contributed by atoms with Crippen LogP contribution >= 0.6 is 23.1 Å². The number of hydrogen-bond donors (Lipinski definition) is 1. The summed E-state index contributed by atoms with van der Waals surface area (Å²) in [6.45, 7) is 0. The smallest absolute Gasteiger partial charge is 0.370 e. The van der Waals surface area contributed by atoms with Crippen LogP contribution in [0.15, 0.2) is 6.20 Å². The summed E-state index contributed by atoms with van der Waals surface area (Å²) < 4.78 is 44.8. The Kier molecular flexibility index (Phi) is 2.80. The molecule has 1 N–H and O–H groups in total. The molecule has 0 aliphatic heterocycles. The van der Waals surface area contributed by atoms with Crippen molar-refractivity contribution >= 4 is 28.9 Å². The predicted molar refractivity (Wildman–Crippen MR) is 55.6 cm³/mol. The fourth-order valence-corrected chi connectivity index (χ4v) is 2.43. The van der Waals surface area contributed by atoms with Crippen LogP contribution in [0.25, 0.3) is 10.6 Å². The van der Waals surface area contributed by atoms with Crippen molar-refractivity contribution in [3.8, 4) is 10.6 Å². The molecule has 0 saturated carbocycles. The summed E-state index contributed by atoms with van der Waals surface area (Å²) in [5.74, 6) is 0.461. The van der Waals surface area contributed by atoms with Gasteiger partial charge in [0, 0.05) is 13.2 Å². The van der Waals surface area contributed by atoms with E-state index in [0.717, 1.165) is 17.9 Å². The van der Waals surface area contributed by atoms with Gasteiger partial charge in [0.25, 0.3) is 0 Å². The zero-order chi connectivity index (χ0) is 11.8. The molecule has 0 saturated heterocycles. The first-order chi connectivity index (χ1) is 7.52. The van der Waals surface area contributed by atoms with Crippen LogP contribution in [0, 0.1) is 0 Å². The Morgan fingerprint density at radius 2 is 2.06 bits per heavy atom. The third kappa shape index (κ3) is 2.00. The van der Waals surface area contributed by atoms with E-state index < -0.39 is 11.2 Å². The Bertz CT molecular complexity index is 490. The van der Waals surface area contributed by atoms with E-state index in [2.05, 4.69) is 19.0 Å². The highest BCUT2D eigenvalue weighted by Crippen LogP contribution is 2.37. The van der Waals surface area contributed by atoms with Gasteiger partial charge in [-0.05, 0) is 0 Å². The molecule has 0 aliphatic carbocycles. The molecule has 0 fully saturated rings. The van der Waals surface area contributed by atoms with Gasteiger partial charge >= 0.3 is 6.18 Å². The van der Waals surface area contributed by atoms with Gasteiger partial charge in [-0.15, -0.1) is 11.3 Å². The molecular weight excluding hydrogens is 261 g/mol. The lowest BCUT2D eigenvalue weighted by molar-refractivity contribution is -0.137. The van der Waals surface area contributed by atoms with Crippen LogP contribution in [0.1, 0.15) is 5.01 Å². The molecule has 9 heteroatoms. The van der Waals surface area contributed by atoms with Crippen molar-refractivity contribution in [3.63, 3.8) is 0 Å². The van der Waals surface area contributed by atoms with Gasteiger partial charge in [0.15, 0.2) is 10.8 Å². The number of nitrogens with zero attached hydrogens (tertiary/aromatic N) is 3. The monoisotopic (exact) mass is 266 g/mol. The Hall–Kier alpha value is -1.22. The number of alkyl halides is 3. The number of rotatable bonds is 2. The maximum Gasteiger partial charge on any atom is 0.443 e. The van der Waals surface area contributed by atoms with Crippen molar-refractivity contribution < 1.29 is 13.2 Å². The Morgan fingerprint density at radius 1 is 1.31 bits per heavy atom. The van der Waals surface area contributed by atoms with Crippen molar-refractivity contribution in [3.05, 3.63) is 11.2 Å². The highest BCUT2D eigenvalue weighted by molar-refractivity contribution is 7.15. The topological polar surface area (TPSA) is 50.7 Å². The Morgan fingerprint density at radius 3 is 2.62 bits per heavy atom. The average molecular weight is 266 g/mol. The van der Waals surface area contributed by atoms with Gasteiger partial charge in [0.2, 0.25) is 0 Å². The van der Waals surface area contributed by atoms with Gasteiger partial charge in [-0.25, -0.2) is 4.98 Å².